The van der Waals surface area contributed by atoms with E-state index in [4.69, 9.17) is 4.42 Å². The van der Waals surface area contributed by atoms with Gasteiger partial charge in [-0.15, -0.1) is 0 Å². The Bertz CT molecular complexity index is 932. The van der Waals surface area contributed by atoms with E-state index in [0.717, 1.165) is 42.9 Å². The first kappa shape index (κ1) is 15.7. The fourth-order valence-corrected chi connectivity index (χ4v) is 3.26. The van der Waals surface area contributed by atoms with Crippen LogP contribution in [0.3, 0.4) is 0 Å². The quantitative estimate of drug-likeness (QED) is 0.739. The predicted molar refractivity (Wildman–Crippen MR) is 95.9 cm³/mol. The van der Waals surface area contributed by atoms with E-state index in [9.17, 15) is 9.90 Å². The Morgan fingerprint density at radius 1 is 1.08 bits per heavy atom. The minimum Gasteiger partial charge on any atom is -0.508 e. The normalized spacial score (nSPS) is 15.6. The van der Waals surface area contributed by atoms with Gasteiger partial charge in [-0.25, -0.2) is 9.78 Å². The molecule has 2 aromatic heterocycles. The molecule has 3 aromatic rings. The molecule has 0 radical (unpaired) electrons. The summed E-state index contributed by atoms with van der Waals surface area (Å²) < 4.78 is 5.22. The Kier molecular flexibility index (Phi) is 4.11. The molecule has 0 atom stereocenters. The van der Waals surface area contributed by atoms with Gasteiger partial charge in [0.15, 0.2) is 0 Å². The van der Waals surface area contributed by atoms with Crippen LogP contribution in [0.15, 0.2) is 57.9 Å². The average Bonchev–Trinajstić information content (AvgIpc) is 2.64. The molecule has 6 nitrogen and oxygen atoms in total. The Morgan fingerprint density at radius 2 is 1.92 bits per heavy atom. The van der Waals surface area contributed by atoms with E-state index in [0.29, 0.717) is 12.1 Å². The number of aromatic nitrogens is 1. The summed E-state index contributed by atoms with van der Waals surface area (Å²) in [5.41, 5.74) is 1.03. The second-order valence-corrected chi connectivity index (χ2v) is 6.22. The maximum absolute atomic E-state index is 11.8. The van der Waals surface area contributed by atoms with Gasteiger partial charge in [-0.1, -0.05) is 6.07 Å². The van der Waals surface area contributed by atoms with Crippen molar-refractivity contribution in [2.45, 2.75) is 6.54 Å². The van der Waals surface area contributed by atoms with Crippen molar-refractivity contribution in [3.8, 4) is 5.75 Å². The molecule has 0 saturated carbocycles. The van der Waals surface area contributed by atoms with Gasteiger partial charge in [0.1, 0.15) is 17.2 Å². The standard InChI is InChI=1S/C19H19N3O3/c23-15-4-5-17-16(12-15)14(11-19(24)25-17)13-21-7-9-22(10-8-21)18-3-1-2-6-20-18/h1-6,11-12,23H,7-10,13H2. The summed E-state index contributed by atoms with van der Waals surface area (Å²) in [5.74, 6) is 1.17. The van der Waals surface area contributed by atoms with Crippen LogP contribution in [0.25, 0.3) is 11.0 Å². The van der Waals surface area contributed by atoms with E-state index in [1.807, 2.05) is 24.4 Å². The lowest BCUT2D eigenvalue weighted by atomic mass is 10.1. The lowest BCUT2D eigenvalue weighted by molar-refractivity contribution is 0.249. The van der Waals surface area contributed by atoms with Crippen molar-refractivity contribution in [3.63, 3.8) is 0 Å². The van der Waals surface area contributed by atoms with Crippen LogP contribution in [0.4, 0.5) is 5.82 Å². The number of fused-ring (bicyclic) bond motifs is 1. The van der Waals surface area contributed by atoms with E-state index in [2.05, 4.69) is 14.8 Å². The lowest BCUT2D eigenvalue weighted by Crippen LogP contribution is -2.46. The third-order valence-corrected chi connectivity index (χ3v) is 4.55. The largest absolute Gasteiger partial charge is 0.508 e. The van der Waals surface area contributed by atoms with E-state index >= 15 is 0 Å². The molecule has 6 heteroatoms. The number of benzene rings is 1. The summed E-state index contributed by atoms with van der Waals surface area (Å²) in [7, 11) is 0. The van der Waals surface area contributed by atoms with E-state index in [1.165, 1.54) is 12.1 Å². The number of aromatic hydroxyl groups is 1. The van der Waals surface area contributed by atoms with Crippen molar-refractivity contribution in [1.29, 1.82) is 0 Å². The van der Waals surface area contributed by atoms with Crippen molar-refractivity contribution in [1.82, 2.24) is 9.88 Å². The van der Waals surface area contributed by atoms with Crippen LogP contribution in [0, 0.1) is 0 Å². The van der Waals surface area contributed by atoms with Gasteiger partial charge < -0.3 is 14.4 Å². The molecule has 1 N–H and O–H groups in total. The van der Waals surface area contributed by atoms with Crippen molar-refractivity contribution in [2.24, 2.45) is 0 Å². The summed E-state index contributed by atoms with van der Waals surface area (Å²) in [6, 6.07) is 12.3. The maximum Gasteiger partial charge on any atom is 0.336 e. The predicted octanol–water partition coefficient (Wildman–Crippen LogP) is 2.22. The molecule has 1 aromatic carbocycles. The number of pyridine rings is 1. The number of rotatable bonds is 3. The van der Waals surface area contributed by atoms with Crippen molar-refractivity contribution >= 4 is 16.8 Å². The summed E-state index contributed by atoms with van der Waals surface area (Å²) in [6.45, 7) is 4.21. The highest BCUT2D eigenvalue weighted by atomic mass is 16.4. The van der Waals surface area contributed by atoms with Gasteiger partial charge in [-0.3, -0.25) is 4.90 Å². The van der Waals surface area contributed by atoms with Gasteiger partial charge in [0.05, 0.1) is 0 Å². The molecule has 1 aliphatic heterocycles. The van der Waals surface area contributed by atoms with Gasteiger partial charge >= 0.3 is 5.63 Å². The second kappa shape index (κ2) is 6.57. The molecular formula is C19H19N3O3. The van der Waals surface area contributed by atoms with Gasteiger partial charge in [-0.05, 0) is 35.9 Å². The van der Waals surface area contributed by atoms with Gasteiger partial charge in [0.2, 0.25) is 0 Å². The van der Waals surface area contributed by atoms with Crippen molar-refractivity contribution in [3.05, 3.63) is 64.6 Å². The molecule has 128 valence electrons. The first-order chi connectivity index (χ1) is 12.2. The maximum atomic E-state index is 11.8. The topological polar surface area (TPSA) is 69.8 Å². The third-order valence-electron chi connectivity index (χ3n) is 4.55. The summed E-state index contributed by atoms with van der Waals surface area (Å²) in [5, 5.41) is 10.5. The number of hydrogen-bond donors (Lipinski definition) is 1. The molecule has 4 rings (SSSR count). The zero-order valence-electron chi connectivity index (χ0n) is 13.8. The van der Waals surface area contributed by atoms with Gasteiger partial charge in [-0.2, -0.15) is 0 Å². The fourth-order valence-electron chi connectivity index (χ4n) is 3.26. The number of piperazine rings is 1. The average molecular weight is 337 g/mol. The molecule has 0 bridgehead atoms. The fraction of sp³-hybridized carbons (Fsp3) is 0.263. The Morgan fingerprint density at radius 3 is 2.68 bits per heavy atom. The van der Waals surface area contributed by atoms with Crippen LogP contribution in [0.1, 0.15) is 5.56 Å². The number of nitrogens with zero attached hydrogens (tertiary/aromatic N) is 3. The molecule has 1 aliphatic rings. The van der Waals surface area contributed by atoms with Gasteiger partial charge in [0.25, 0.3) is 0 Å². The highest BCUT2D eigenvalue weighted by molar-refractivity contribution is 5.81. The molecule has 0 aliphatic carbocycles. The zero-order valence-corrected chi connectivity index (χ0v) is 13.8. The molecule has 0 unspecified atom stereocenters. The van der Waals surface area contributed by atoms with Crippen LogP contribution < -0.4 is 10.5 Å². The zero-order chi connectivity index (χ0) is 17.2. The van der Waals surface area contributed by atoms with Crippen LogP contribution in [0.2, 0.25) is 0 Å². The van der Waals surface area contributed by atoms with Gasteiger partial charge in [0, 0.05) is 50.4 Å². The van der Waals surface area contributed by atoms with Crippen LogP contribution >= 0.6 is 0 Å². The molecular weight excluding hydrogens is 318 g/mol. The SMILES string of the molecule is O=c1cc(CN2CCN(c3ccccn3)CC2)c2cc(O)ccc2o1. The van der Waals surface area contributed by atoms with Crippen molar-refractivity contribution in [2.75, 3.05) is 31.1 Å². The van der Waals surface area contributed by atoms with E-state index in [1.54, 1.807) is 12.1 Å². The first-order valence-electron chi connectivity index (χ1n) is 8.33. The van der Waals surface area contributed by atoms with Crippen molar-refractivity contribution < 1.29 is 9.52 Å². The Hall–Kier alpha value is -2.86. The van der Waals surface area contributed by atoms with E-state index in [-0.39, 0.29) is 11.4 Å². The summed E-state index contributed by atoms with van der Waals surface area (Å²) in [4.78, 5) is 20.8. The minimum atomic E-state index is -0.361. The van der Waals surface area contributed by atoms with Crippen LogP contribution in [-0.2, 0) is 6.54 Å². The molecule has 1 saturated heterocycles. The highest BCUT2D eigenvalue weighted by Crippen LogP contribution is 2.23. The Labute approximate surface area is 144 Å². The summed E-state index contributed by atoms with van der Waals surface area (Å²) >= 11 is 0. The van der Waals surface area contributed by atoms with Crippen LogP contribution in [0.5, 0.6) is 5.75 Å². The molecule has 0 amide bonds. The molecule has 3 heterocycles. The Balaban J connectivity index is 1.51. The number of phenols is 1. The smallest absolute Gasteiger partial charge is 0.336 e. The second-order valence-electron chi connectivity index (χ2n) is 6.22. The highest BCUT2D eigenvalue weighted by Gasteiger charge is 2.19. The molecule has 0 spiro atoms. The number of anilines is 1. The lowest BCUT2D eigenvalue weighted by Gasteiger charge is -2.35. The molecule has 25 heavy (non-hydrogen) atoms. The first-order valence-corrected chi connectivity index (χ1v) is 8.33. The van der Waals surface area contributed by atoms with Crippen LogP contribution in [-0.4, -0.2) is 41.2 Å². The minimum absolute atomic E-state index is 0.169. The monoisotopic (exact) mass is 337 g/mol. The summed E-state index contributed by atoms with van der Waals surface area (Å²) in [6.07, 6.45) is 1.81. The van der Waals surface area contributed by atoms with E-state index < -0.39 is 0 Å². The number of phenolic OH excluding ortho intramolecular Hbond substituents is 1. The third kappa shape index (κ3) is 3.34. The molecule has 1 fully saturated rings. The number of hydrogen-bond acceptors (Lipinski definition) is 6.